The van der Waals surface area contributed by atoms with Crippen LogP contribution in [-0.4, -0.2) is 30.1 Å². The van der Waals surface area contributed by atoms with Crippen LogP contribution >= 0.6 is 0 Å². The smallest absolute Gasteiger partial charge is 0.415 e. The van der Waals surface area contributed by atoms with Crippen LogP contribution in [0.15, 0.2) is 54.6 Å². The first kappa shape index (κ1) is 16.5. The van der Waals surface area contributed by atoms with Gasteiger partial charge in [-0.15, -0.1) is 0 Å². The van der Waals surface area contributed by atoms with Crippen molar-refractivity contribution >= 4 is 12.1 Å². The molecule has 1 amide bonds. The van der Waals surface area contributed by atoms with Crippen molar-refractivity contribution in [1.29, 1.82) is 0 Å². The number of hydrogen-bond acceptors (Lipinski definition) is 4. The van der Waals surface area contributed by atoms with Crippen molar-refractivity contribution in [1.82, 2.24) is 4.90 Å². The number of hydrogen-bond donors (Lipinski definition) is 0. The molecule has 5 heteroatoms. The van der Waals surface area contributed by atoms with Gasteiger partial charge in [0, 0.05) is 13.1 Å². The Balaban J connectivity index is 1.97. The fourth-order valence-corrected chi connectivity index (χ4v) is 1.96. The lowest BCUT2D eigenvalue weighted by Gasteiger charge is -2.17. The summed E-state index contributed by atoms with van der Waals surface area (Å²) in [5.41, 5.74) is 0.476. The average Bonchev–Trinajstić information content (AvgIpc) is 2.58. The van der Waals surface area contributed by atoms with Gasteiger partial charge in [-0.05, 0) is 50.2 Å². The van der Waals surface area contributed by atoms with Crippen LogP contribution in [0, 0.1) is 0 Å². The van der Waals surface area contributed by atoms with Crippen molar-refractivity contribution in [2.75, 3.05) is 13.1 Å². The maximum atomic E-state index is 11.9. The highest BCUT2D eigenvalue weighted by atomic mass is 16.6. The summed E-state index contributed by atoms with van der Waals surface area (Å²) in [5, 5.41) is 0. The summed E-state index contributed by atoms with van der Waals surface area (Å²) < 4.78 is 10.5. The molecule has 0 aliphatic rings. The normalized spacial score (nSPS) is 10.0. The number of benzene rings is 2. The van der Waals surface area contributed by atoms with E-state index in [9.17, 15) is 9.59 Å². The highest BCUT2D eigenvalue weighted by Gasteiger charge is 2.12. The van der Waals surface area contributed by atoms with Crippen molar-refractivity contribution in [2.24, 2.45) is 0 Å². The van der Waals surface area contributed by atoms with E-state index in [1.54, 1.807) is 53.4 Å². The topological polar surface area (TPSA) is 55.8 Å². The van der Waals surface area contributed by atoms with E-state index < -0.39 is 12.1 Å². The summed E-state index contributed by atoms with van der Waals surface area (Å²) in [6.45, 7) is 4.94. The molecule has 0 saturated carbocycles. The molecule has 0 fully saturated rings. The molecule has 5 nitrogen and oxygen atoms in total. The van der Waals surface area contributed by atoms with Crippen LogP contribution in [0.4, 0.5) is 4.79 Å². The van der Waals surface area contributed by atoms with Crippen LogP contribution in [-0.2, 0) is 0 Å². The van der Waals surface area contributed by atoms with Gasteiger partial charge in [0.25, 0.3) is 0 Å². The number of carbonyl (C=O) groups is 2. The zero-order chi connectivity index (χ0) is 16.7. The van der Waals surface area contributed by atoms with Gasteiger partial charge in [-0.1, -0.05) is 18.2 Å². The van der Waals surface area contributed by atoms with E-state index >= 15 is 0 Å². The number of nitrogens with zero attached hydrogens (tertiary/aromatic N) is 1. The second kappa shape index (κ2) is 7.98. The Morgan fingerprint density at radius 1 is 0.826 bits per heavy atom. The number of ether oxygens (including phenoxy) is 2. The molecule has 0 heterocycles. The zero-order valence-corrected chi connectivity index (χ0v) is 13.2. The average molecular weight is 313 g/mol. The predicted octanol–water partition coefficient (Wildman–Crippen LogP) is 3.75. The van der Waals surface area contributed by atoms with E-state index in [1.165, 1.54) is 0 Å². The van der Waals surface area contributed by atoms with Crippen LogP contribution in [0.3, 0.4) is 0 Å². The largest absolute Gasteiger partial charge is 0.423 e. The van der Waals surface area contributed by atoms with Crippen LogP contribution in [0.25, 0.3) is 0 Å². The Kier molecular flexibility index (Phi) is 5.74. The van der Waals surface area contributed by atoms with Crippen LogP contribution in [0.1, 0.15) is 24.2 Å². The molecule has 0 aliphatic carbocycles. The molecule has 0 N–H and O–H groups in total. The van der Waals surface area contributed by atoms with E-state index in [0.717, 1.165) is 0 Å². The Labute approximate surface area is 135 Å². The molecule has 0 aromatic heterocycles. The summed E-state index contributed by atoms with van der Waals surface area (Å²) in [7, 11) is 0. The Morgan fingerprint density at radius 2 is 1.35 bits per heavy atom. The van der Waals surface area contributed by atoms with Gasteiger partial charge in [-0.25, -0.2) is 9.59 Å². The molecule has 0 atom stereocenters. The maximum Gasteiger partial charge on any atom is 0.415 e. The SMILES string of the molecule is CCN(CC)C(=O)Oc1ccc(OC(=O)c2ccccc2)cc1. The molecular weight excluding hydrogens is 294 g/mol. The third kappa shape index (κ3) is 4.57. The first-order chi connectivity index (χ1) is 11.1. The number of amides is 1. The molecule has 2 rings (SSSR count). The third-order valence-corrected chi connectivity index (χ3v) is 3.27. The zero-order valence-electron chi connectivity index (χ0n) is 13.2. The van der Waals surface area contributed by atoms with Gasteiger partial charge in [-0.2, -0.15) is 0 Å². The van der Waals surface area contributed by atoms with Crippen molar-refractivity contribution in [2.45, 2.75) is 13.8 Å². The summed E-state index contributed by atoms with van der Waals surface area (Å²) >= 11 is 0. The van der Waals surface area contributed by atoms with Crippen LogP contribution in [0.5, 0.6) is 11.5 Å². The highest BCUT2D eigenvalue weighted by Crippen LogP contribution is 2.19. The Bertz CT molecular complexity index is 648. The lowest BCUT2D eigenvalue weighted by molar-refractivity contribution is 0.0734. The van der Waals surface area contributed by atoms with Crippen LogP contribution in [0.2, 0.25) is 0 Å². The van der Waals surface area contributed by atoms with Gasteiger partial charge in [-0.3, -0.25) is 0 Å². The van der Waals surface area contributed by atoms with Gasteiger partial charge in [0.05, 0.1) is 5.56 Å². The van der Waals surface area contributed by atoms with E-state index in [1.807, 2.05) is 19.9 Å². The van der Waals surface area contributed by atoms with E-state index in [-0.39, 0.29) is 0 Å². The fraction of sp³-hybridized carbons (Fsp3) is 0.222. The minimum Gasteiger partial charge on any atom is -0.423 e. The minimum absolute atomic E-state index is 0.390. The summed E-state index contributed by atoms with van der Waals surface area (Å²) in [5.74, 6) is 0.362. The molecule has 0 saturated heterocycles. The first-order valence-corrected chi connectivity index (χ1v) is 7.48. The molecule has 2 aromatic carbocycles. The van der Waals surface area contributed by atoms with Gasteiger partial charge in [0.1, 0.15) is 11.5 Å². The molecule has 120 valence electrons. The molecule has 0 spiro atoms. The molecule has 23 heavy (non-hydrogen) atoms. The molecule has 0 aliphatic heterocycles. The minimum atomic E-state index is -0.432. The Hall–Kier alpha value is -2.82. The van der Waals surface area contributed by atoms with Crippen molar-refractivity contribution in [3.05, 3.63) is 60.2 Å². The number of rotatable bonds is 5. The second-order valence-corrected chi connectivity index (χ2v) is 4.77. The molecule has 0 unspecified atom stereocenters. The quantitative estimate of drug-likeness (QED) is 0.623. The summed E-state index contributed by atoms with van der Waals surface area (Å²) in [6, 6.07) is 15.1. The summed E-state index contributed by atoms with van der Waals surface area (Å²) in [6.07, 6.45) is -0.399. The first-order valence-electron chi connectivity index (χ1n) is 7.48. The van der Waals surface area contributed by atoms with E-state index in [4.69, 9.17) is 9.47 Å². The van der Waals surface area contributed by atoms with Gasteiger partial charge >= 0.3 is 12.1 Å². The van der Waals surface area contributed by atoms with Crippen molar-refractivity contribution < 1.29 is 19.1 Å². The molecular formula is C18H19NO4. The summed E-state index contributed by atoms with van der Waals surface area (Å²) in [4.78, 5) is 25.3. The van der Waals surface area contributed by atoms with E-state index in [0.29, 0.717) is 30.2 Å². The van der Waals surface area contributed by atoms with Crippen molar-refractivity contribution in [3.63, 3.8) is 0 Å². The van der Waals surface area contributed by atoms with Crippen LogP contribution < -0.4 is 9.47 Å². The lowest BCUT2D eigenvalue weighted by atomic mass is 10.2. The van der Waals surface area contributed by atoms with Gasteiger partial charge in [0.2, 0.25) is 0 Å². The molecule has 0 radical (unpaired) electrons. The molecule has 2 aromatic rings. The van der Waals surface area contributed by atoms with Gasteiger partial charge in [0.15, 0.2) is 0 Å². The predicted molar refractivity (Wildman–Crippen MR) is 86.8 cm³/mol. The monoisotopic (exact) mass is 313 g/mol. The second-order valence-electron chi connectivity index (χ2n) is 4.77. The maximum absolute atomic E-state index is 11.9. The third-order valence-electron chi connectivity index (χ3n) is 3.27. The lowest BCUT2D eigenvalue weighted by Crippen LogP contribution is -2.33. The van der Waals surface area contributed by atoms with Gasteiger partial charge < -0.3 is 14.4 Å². The number of esters is 1. The van der Waals surface area contributed by atoms with Crippen molar-refractivity contribution in [3.8, 4) is 11.5 Å². The fourth-order valence-electron chi connectivity index (χ4n) is 1.96. The Morgan fingerprint density at radius 3 is 1.87 bits per heavy atom. The number of carbonyl (C=O) groups excluding carboxylic acids is 2. The highest BCUT2D eigenvalue weighted by molar-refractivity contribution is 5.90. The standard InChI is InChI=1S/C18H19NO4/c1-3-19(4-2)18(21)23-16-12-10-15(11-13-16)22-17(20)14-8-6-5-7-9-14/h5-13H,3-4H2,1-2H3. The van der Waals surface area contributed by atoms with E-state index in [2.05, 4.69) is 0 Å². The molecule has 0 bridgehead atoms.